The molecule has 2 aliphatic heterocycles. The molecule has 1 aromatic rings. The topological polar surface area (TPSA) is 52.7 Å². The number of carbonyl (C=O) groups is 2. The van der Waals surface area contributed by atoms with E-state index in [4.69, 9.17) is 0 Å². The largest absolute Gasteiger partial charge is 0.372 e. The molecule has 2 unspecified atom stereocenters. The average Bonchev–Trinajstić information content (AvgIpc) is 3.27. The molecule has 1 aromatic carbocycles. The minimum Gasteiger partial charge on any atom is -0.372 e. The molecule has 2 atom stereocenters. The Hall–Kier alpha value is -2.04. The van der Waals surface area contributed by atoms with Gasteiger partial charge < -0.3 is 15.1 Å². The lowest BCUT2D eigenvalue weighted by Gasteiger charge is -2.28. The summed E-state index contributed by atoms with van der Waals surface area (Å²) >= 11 is 0. The predicted octanol–water partition coefficient (Wildman–Crippen LogP) is 2.87. The van der Waals surface area contributed by atoms with E-state index in [1.807, 2.05) is 17.0 Å². The number of nitrogens with zero attached hydrogens (tertiary/aromatic N) is 2. The van der Waals surface area contributed by atoms with Crippen molar-refractivity contribution >= 4 is 23.2 Å². The maximum atomic E-state index is 12.4. The van der Waals surface area contributed by atoms with Gasteiger partial charge in [0.2, 0.25) is 11.8 Å². The Balaban J connectivity index is 1.30. The third kappa shape index (κ3) is 3.65. The minimum absolute atomic E-state index is 0.0109. The Morgan fingerprint density at radius 3 is 2.16 bits per heavy atom. The van der Waals surface area contributed by atoms with Gasteiger partial charge >= 0.3 is 0 Å². The van der Waals surface area contributed by atoms with Crippen LogP contribution in [0.2, 0.25) is 0 Å². The monoisotopic (exact) mass is 341 g/mol. The van der Waals surface area contributed by atoms with E-state index in [-0.39, 0.29) is 23.7 Å². The van der Waals surface area contributed by atoms with Gasteiger partial charge in [0.25, 0.3) is 0 Å². The van der Waals surface area contributed by atoms with Crippen LogP contribution in [0.25, 0.3) is 0 Å². The maximum Gasteiger partial charge on any atom is 0.228 e. The number of hydrogen-bond donors (Lipinski definition) is 1. The minimum atomic E-state index is -0.144. The molecule has 0 radical (unpaired) electrons. The summed E-state index contributed by atoms with van der Waals surface area (Å²) in [6, 6.07) is 8.12. The molecule has 0 aromatic heterocycles. The molecule has 1 saturated carbocycles. The SMILES string of the molecule is O=C(Nc1ccc(N2CCCCC2)cc1)C1CC1C(=O)N1CCCC1. The maximum absolute atomic E-state index is 12.4. The first-order valence-corrected chi connectivity index (χ1v) is 9.67. The van der Waals surface area contributed by atoms with Gasteiger partial charge in [-0.3, -0.25) is 9.59 Å². The van der Waals surface area contributed by atoms with Crippen LogP contribution < -0.4 is 10.2 Å². The van der Waals surface area contributed by atoms with E-state index in [0.29, 0.717) is 6.42 Å². The number of carbonyl (C=O) groups excluding carboxylic acids is 2. The first-order valence-electron chi connectivity index (χ1n) is 9.67. The molecule has 0 bridgehead atoms. The molecule has 1 N–H and O–H groups in total. The molecule has 2 heterocycles. The molecular weight excluding hydrogens is 314 g/mol. The van der Waals surface area contributed by atoms with Gasteiger partial charge in [0.1, 0.15) is 0 Å². The standard InChI is InChI=1S/C20H27N3O2/c24-19(17-14-18(17)20(25)23-12-4-5-13-23)21-15-6-8-16(9-7-15)22-10-2-1-3-11-22/h6-9,17-18H,1-5,10-14H2,(H,21,24). The fraction of sp³-hybridized carbons (Fsp3) is 0.600. The predicted molar refractivity (Wildman–Crippen MR) is 98.5 cm³/mol. The van der Waals surface area contributed by atoms with Crippen molar-refractivity contribution in [2.75, 3.05) is 36.4 Å². The van der Waals surface area contributed by atoms with Crippen LogP contribution in [0.4, 0.5) is 11.4 Å². The molecule has 5 heteroatoms. The number of benzene rings is 1. The second kappa shape index (κ2) is 7.06. The van der Waals surface area contributed by atoms with E-state index >= 15 is 0 Å². The van der Waals surface area contributed by atoms with Crippen molar-refractivity contribution in [1.82, 2.24) is 4.90 Å². The molecule has 0 spiro atoms. The Labute approximate surface area is 149 Å². The number of piperidine rings is 1. The number of anilines is 2. The van der Waals surface area contributed by atoms with Gasteiger partial charge in [0, 0.05) is 37.6 Å². The lowest BCUT2D eigenvalue weighted by molar-refractivity contribution is -0.133. The lowest BCUT2D eigenvalue weighted by atomic mass is 10.1. The molecule has 2 amide bonds. The molecule has 2 saturated heterocycles. The van der Waals surface area contributed by atoms with Gasteiger partial charge in [0.05, 0.1) is 11.8 Å². The fourth-order valence-corrected chi connectivity index (χ4v) is 4.07. The molecule has 3 fully saturated rings. The highest BCUT2D eigenvalue weighted by atomic mass is 16.2. The quantitative estimate of drug-likeness (QED) is 0.916. The Morgan fingerprint density at radius 1 is 0.840 bits per heavy atom. The van der Waals surface area contributed by atoms with Crippen molar-refractivity contribution in [3.8, 4) is 0 Å². The lowest BCUT2D eigenvalue weighted by Crippen LogP contribution is -2.30. The van der Waals surface area contributed by atoms with Crippen LogP contribution >= 0.6 is 0 Å². The third-order valence-electron chi connectivity index (χ3n) is 5.72. The Bertz CT molecular complexity index is 631. The average molecular weight is 341 g/mol. The highest BCUT2D eigenvalue weighted by molar-refractivity contribution is 5.99. The van der Waals surface area contributed by atoms with E-state index in [1.54, 1.807) is 0 Å². The summed E-state index contributed by atoms with van der Waals surface area (Å²) in [5, 5.41) is 2.98. The van der Waals surface area contributed by atoms with E-state index in [2.05, 4.69) is 22.3 Å². The number of nitrogens with one attached hydrogen (secondary N) is 1. The first kappa shape index (κ1) is 16.4. The molecule has 25 heavy (non-hydrogen) atoms. The van der Waals surface area contributed by atoms with E-state index < -0.39 is 0 Å². The zero-order valence-electron chi connectivity index (χ0n) is 14.7. The second-order valence-electron chi connectivity index (χ2n) is 7.56. The van der Waals surface area contributed by atoms with E-state index in [0.717, 1.165) is 44.7 Å². The van der Waals surface area contributed by atoms with Crippen molar-refractivity contribution in [3.05, 3.63) is 24.3 Å². The van der Waals surface area contributed by atoms with Crippen molar-refractivity contribution in [2.24, 2.45) is 11.8 Å². The number of likely N-dealkylation sites (tertiary alicyclic amines) is 1. The van der Waals surface area contributed by atoms with Gasteiger partial charge in [0.15, 0.2) is 0 Å². The van der Waals surface area contributed by atoms with E-state index in [1.165, 1.54) is 24.9 Å². The van der Waals surface area contributed by atoms with Gasteiger partial charge in [-0.1, -0.05) is 0 Å². The van der Waals surface area contributed by atoms with Crippen LogP contribution in [-0.2, 0) is 9.59 Å². The smallest absolute Gasteiger partial charge is 0.228 e. The first-order chi connectivity index (χ1) is 12.2. The van der Waals surface area contributed by atoms with Crippen molar-refractivity contribution in [1.29, 1.82) is 0 Å². The number of hydrogen-bond acceptors (Lipinski definition) is 3. The van der Waals surface area contributed by atoms with Crippen molar-refractivity contribution < 1.29 is 9.59 Å². The zero-order chi connectivity index (χ0) is 17.2. The number of rotatable bonds is 4. The van der Waals surface area contributed by atoms with Crippen LogP contribution in [0.1, 0.15) is 38.5 Å². The summed E-state index contributed by atoms with van der Waals surface area (Å²) in [5.74, 6) is -0.0676. The van der Waals surface area contributed by atoms with Gasteiger partial charge in [-0.2, -0.15) is 0 Å². The van der Waals surface area contributed by atoms with Gasteiger partial charge in [-0.15, -0.1) is 0 Å². The van der Waals surface area contributed by atoms with Crippen molar-refractivity contribution in [2.45, 2.75) is 38.5 Å². The van der Waals surface area contributed by atoms with Crippen LogP contribution in [0.3, 0.4) is 0 Å². The third-order valence-corrected chi connectivity index (χ3v) is 5.72. The van der Waals surface area contributed by atoms with Crippen LogP contribution in [-0.4, -0.2) is 42.9 Å². The summed E-state index contributed by atoms with van der Waals surface area (Å²) < 4.78 is 0. The summed E-state index contributed by atoms with van der Waals surface area (Å²) in [7, 11) is 0. The van der Waals surface area contributed by atoms with Crippen LogP contribution in [0, 0.1) is 11.8 Å². The van der Waals surface area contributed by atoms with Crippen LogP contribution in [0.5, 0.6) is 0 Å². The molecule has 5 nitrogen and oxygen atoms in total. The van der Waals surface area contributed by atoms with Gasteiger partial charge in [-0.25, -0.2) is 0 Å². The normalized spacial score (nSPS) is 25.8. The second-order valence-corrected chi connectivity index (χ2v) is 7.56. The zero-order valence-corrected chi connectivity index (χ0v) is 14.7. The number of amides is 2. The molecule has 1 aliphatic carbocycles. The summed E-state index contributed by atoms with van der Waals surface area (Å²) in [6.07, 6.45) is 6.73. The molecule has 134 valence electrons. The highest BCUT2D eigenvalue weighted by Crippen LogP contribution is 2.41. The summed E-state index contributed by atoms with van der Waals surface area (Å²) in [4.78, 5) is 29.1. The van der Waals surface area contributed by atoms with Crippen LogP contribution in [0.15, 0.2) is 24.3 Å². The molecular formula is C20H27N3O2. The van der Waals surface area contributed by atoms with Crippen molar-refractivity contribution in [3.63, 3.8) is 0 Å². The Morgan fingerprint density at radius 2 is 1.48 bits per heavy atom. The summed E-state index contributed by atoms with van der Waals surface area (Å²) in [6.45, 7) is 3.96. The summed E-state index contributed by atoms with van der Waals surface area (Å²) in [5.41, 5.74) is 2.05. The van der Waals surface area contributed by atoms with Gasteiger partial charge in [-0.05, 0) is 62.8 Å². The highest BCUT2D eigenvalue weighted by Gasteiger charge is 2.49. The van der Waals surface area contributed by atoms with E-state index in [9.17, 15) is 9.59 Å². The fourth-order valence-electron chi connectivity index (χ4n) is 4.07. The molecule has 3 aliphatic rings. The Kier molecular flexibility index (Phi) is 4.64. The molecule has 4 rings (SSSR count).